The number of carbonyl (C=O) groups is 1. The highest BCUT2D eigenvalue weighted by Gasteiger charge is 2.17. The molecule has 0 aliphatic carbocycles. The van der Waals surface area contributed by atoms with Crippen molar-refractivity contribution < 1.29 is 4.79 Å². The summed E-state index contributed by atoms with van der Waals surface area (Å²) in [6.45, 7) is 3.90. The topological polar surface area (TPSA) is 37.6 Å². The number of aryl methyl sites for hydroxylation is 2. The lowest BCUT2D eigenvalue weighted by Gasteiger charge is -2.20. The Hall–Kier alpha value is -1.84. The van der Waals surface area contributed by atoms with E-state index in [-0.39, 0.29) is 0 Å². The Morgan fingerprint density at radius 3 is 2.71 bits per heavy atom. The summed E-state index contributed by atoms with van der Waals surface area (Å²) in [4.78, 5) is 19.0. The fraction of sp³-hybridized carbons (Fsp3) is 0.529. The molecular formula is C17H23N3O. The van der Waals surface area contributed by atoms with Gasteiger partial charge in [-0.2, -0.15) is 0 Å². The van der Waals surface area contributed by atoms with Gasteiger partial charge < -0.3 is 9.30 Å². The minimum absolute atomic E-state index is 0.294. The van der Waals surface area contributed by atoms with Crippen molar-refractivity contribution in [3.05, 3.63) is 35.8 Å². The third-order valence-electron chi connectivity index (χ3n) is 4.36. The van der Waals surface area contributed by atoms with Gasteiger partial charge in [0.25, 0.3) is 0 Å². The molecule has 3 heterocycles. The lowest BCUT2D eigenvalue weighted by Crippen LogP contribution is -2.32. The molecule has 112 valence electrons. The first kappa shape index (κ1) is 14.1. The van der Waals surface area contributed by atoms with Crippen LogP contribution >= 0.6 is 0 Å². The molecule has 1 aliphatic heterocycles. The zero-order valence-electron chi connectivity index (χ0n) is 12.7. The summed E-state index contributed by atoms with van der Waals surface area (Å²) in [6, 6.07) is 6.01. The Labute approximate surface area is 125 Å². The molecule has 0 bridgehead atoms. The SMILES string of the molecule is Cc1nc2ccccn2c1CCC(=O)N1CCCCCC1. The fourth-order valence-corrected chi connectivity index (χ4v) is 3.17. The van der Waals surface area contributed by atoms with E-state index in [4.69, 9.17) is 0 Å². The molecule has 0 saturated carbocycles. The normalized spacial score (nSPS) is 16.1. The Balaban J connectivity index is 1.68. The summed E-state index contributed by atoms with van der Waals surface area (Å²) < 4.78 is 2.10. The van der Waals surface area contributed by atoms with Crippen molar-refractivity contribution in [2.45, 2.75) is 45.4 Å². The van der Waals surface area contributed by atoms with Crippen molar-refractivity contribution in [2.24, 2.45) is 0 Å². The second-order valence-corrected chi connectivity index (χ2v) is 5.87. The van der Waals surface area contributed by atoms with Crippen LogP contribution in [0.1, 0.15) is 43.5 Å². The summed E-state index contributed by atoms with van der Waals surface area (Å²) in [7, 11) is 0. The first-order valence-corrected chi connectivity index (χ1v) is 7.96. The van der Waals surface area contributed by atoms with Crippen LogP contribution in [0.3, 0.4) is 0 Å². The first-order valence-electron chi connectivity index (χ1n) is 7.96. The maximum absolute atomic E-state index is 12.4. The number of amides is 1. The molecule has 4 heteroatoms. The van der Waals surface area contributed by atoms with E-state index in [1.165, 1.54) is 12.8 Å². The van der Waals surface area contributed by atoms with Gasteiger partial charge in [0.1, 0.15) is 5.65 Å². The number of pyridine rings is 1. The standard InChI is InChI=1S/C17H23N3O/c1-14-15(20-13-7-4-8-16(20)18-14)9-10-17(21)19-11-5-2-3-6-12-19/h4,7-8,13H,2-3,5-6,9-12H2,1H3. The van der Waals surface area contributed by atoms with Gasteiger partial charge in [0.05, 0.1) is 5.69 Å². The van der Waals surface area contributed by atoms with E-state index in [0.29, 0.717) is 12.3 Å². The molecule has 1 saturated heterocycles. The summed E-state index contributed by atoms with van der Waals surface area (Å²) in [5.41, 5.74) is 3.16. The largest absolute Gasteiger partial charge is 0.343 e. The highest BCUT2D eigenvalue weighted by molar-refractivity contribution is 5.76. The van der Waals surface area contributed by atoms with E-state index < -0.39 is 0 Å². The average Bonchev–Trinajstić information content (AvgIpc) is 2.68. The maximum atomic E-state index is 12.4. The molecular weight excluding hydrogens is 262 g/mol. The van der Waals surface area contributed by atoms with Crippen molar-refractivity contribution in [1.82, 2.24) is 14.3 Å². The molecule has 0 radical (unpaired) electrons. The molecule has 2 aromatic heterocycles. The first-order chi connectivity index (χ1) is 10.3. The number of carbonyl (C=O) groups excluding carboxylic acids is 1. The van der Waals surface area contributed by atoms with Crippen molar-refractivity contribution >= 4 is 11.6 Å². The Bertz CT molecular complexity index is 624. The van der Waals surface area contributed by atoms with Crippen LogP contribution in [0.4, 0.5) is 0 Å². The number of rotatable bonds is 3. The van der Waals surface area contributed by atoms with Gasteiger partial charge in [0.15, 0.2) is 0 Å². The molecule has 0 atom stereocenters. The number of imidazole rings is 1. The van der Waals surface area contributed by atoms with Crippen LogP contribution in [0.5, 0.6) is 0 Å². The van der Waals surface area contributed by atoms with Crippen molar-refractivity contribution in [2.75, 3.05) is 13.1 Å². The van der Waals surface area contributed by atoms with Gasteiger partial charge >= 0.3 is 0 Å². The van der Waals surface area contributed by atoms with E-state index in [0.717, 1.165) is 49.4 Å². The van der Waals surface area contributed by atoms with Crippen LogP contribution in [-0.2, 0) is 11.2 Å². The van der Waals surface area contributed by atoms with Gasteiger partial charge in [-0.15, -0.1) is 0 Å². The van der Waals surface area contributed by atoms with Crippen molar-refractivity contribution in [1.29, 1.82) is 0 Å². The van der Waals surface area contributed by atoms with Gasteiger partial charge in [0, 0.05) is 31.4 Å². The number of fused-ring (bicyclic) bond motifs is 1. The van der Waals surface area contributed by atoms with E-state index in [1.807, 2.05) is 36.2 Å². The van der Waals surface area contributed by atoms with Crippen molar-refractivity contribution in [3.8, 4) is 0 Å². The zero-order valence-corrected chi connectivity index (χ0v) is 12.7. The highest BCUT2D eigenvalue weighted by atomic mass is 16.2. The van der Waals surface area contributed by atoms with Crippen LogP contribution in [-0.4, -0.2) is 33.3 Å². The second-order valence-electron chi connectivity index (χ2n) is 5.87. The van der Waals surface area contributed by atoms with Crippen LogP contribution in [0.2, 0.25) is 0 Å². The number of aromatic nitrogens is 2. The van der Waals surface area contributed by atoms with Gasteiger partial charge in [-0.05, 0) is 38.3 Å². The molecule has 0 N–H and O–H groups in total. The fourth-order valence-electron chi connectivity index (χ4n) is 3.17. The summed E-state index contributed by atoms with van der Waals surface area (Å²) in [5.74, 6) is 0.294. The third kappa shape index (κ3) is 3.09. The molecule has 0 unspecified atom stereocenters. The summed E-state index contributed by atoms with van der Waals surface area (Å²) in [6.07, 6.45) is 8.21. The molecule has 3 rings (SSSR count). The number of nitrogens with zero attached hydrogens (tertiary/aromatic N) is 3. The van der Waals surface area contributed by atoms with Crippen LogP contribution < -0.4 is 0 Å². The minimum Gasteiger partial charge on any atom is -0.343 e. The quantitative estimate of drug-likeness (QED) is 0.869. The second kappa shape index (κ2) is 6.29. The zero-order chi connectivity index (χ0) is 14.7. The monoisotopic (exact) mass is 285 g/mol. The summed E-state index contributed by atoms with van der Waals surface area (Å²) in [5, 5.41) is 0. The molecule has 2 aromatic rings. The lowest BCUT2D eigenvalue weighted by molar-refractivity contribution is -0.131. The third-order valence-corrected chi connectivity index (χ3v) is 4.36. The Morgan fingerprint density at radius 2 is 1.95 bits per heavy atom. The van der Waals surface area contributed by atoms with Gasteiger partial charge in [0.2, 0.25) is 5.91 Å². The lowest BCUT2D eigenvalue weighted by atomic mass is 10.2. The predicted molar refractivity (Wildman–Crippen MR) is 83.3 cm³/mol. The van der Waals surface area contributed by atoms with Crippen LogP contribution in [0.15, 0.2) is 24.4 Å². The predicted octanol–water partition coefficient (Wildman–Crippen LogP) is 2.98. The molecule has 21 heavy (non-hydrogen) atoms. The number of hydrogen-bond donors (Lipinski definition) is 0. The van der Waals surface area contributed by atoms with Crippen LogP contribution in [0.25, 0.3) is 5.65 Å². The smallest absolute Gasteiger partial charge is 0.222 e. The van der Waals surface area contributed by atoms with E-state index >= 15 is 0 Å². The Kier molecular flexibility index (Phi) is 4.23. The van der Waals surface area contributed by atoms with E-state index in [1.54, 1.807) is 0 Å². The van der Waals surface area contributed by atoms with Gasteiger partial charge in [-0.3, -0.25) is 4.79 Å². The highest BCUT2D eigenvalue weighted by Crippen LogP contribution is 2.16. The maximum Gasteiger partial charge on any atom is 0.222 e. The molecule has 1 amide bonds. The number of likely N-dealkylation sites (tertiary alicyclic amines) is 1. The van der Waals surface area contributed by atoms with E-state index in [9.17, 15) is 4.79 Å². The van der Waals surface area contributed by atoms with Gasteiger partial charge in [-0.1, -0.05) is 18.9 Å². The van der Waals surface area contributed by atoms with Gasteiger partial charge in [-0.25, -0.2) is 4.98 Å². The Morgan fingerprint density at radius 1 is 1.19 bits per heavy atom. The molecule has 0 spiro atoms. The number of hydrogen-bond acceptors (Lipinski definition) is 2. The average molecular weight is 285 g/mol. The van der Waals surface area contributed by atoms with Crippen molar-refractivity contribution in [3.63, 3.8) is 0 Å². The molecule has 0 aromatic carbocycles. The minimum atomic E-state index is 0.294. The summed E-state index contributed by atoms with van der Waals surface area (Å²) >= 11 is 0. The van der Waals surface area contributed by atoms with Crippen LogP contribution in [0, 0.1) is 6.92 Å². The van der Waals surface area contributed by atoms with E-state index in [2.05, 4.69) is 9.38 Å². The molecule has 1 aliphatic rings. The molecule has 1 fully saturated rings. The molecule has 4 nitrogen and oxygen atoms in total.